The van der Waals surface area contributed by atoms with E-state index < -0.39 is 10.0 Å². The number of likely N-dealkylation sites (tertiary alicyclic amines) is 1. The first-order valence-electron chi connectivity index (χ1n) is 10.7. The van der Waals surface area contributed by atoms with Gasteiger partial charge in [0.15, 0.2) is 0 Å². The summed E-state index contributed by atoms with van der Waals surface area (Å²) in [6, 6.07) is 12.8. The van der Waals surface area contributed by atoms with Crippen molar-refractivity contribution in [2.75, 3.05) is 30.2 Å². The van der Waals surface area contributed by atoms with E-state index in [2.05, 4.69) is 16.3 Å². The lowest BCUT2D eigenvalue weighted by Gasteiger charge is -2.22. The minimum absolute atomic E-state index is 0.108. The van der Waals surface area contributed by atoms with Gasteiger partial charge in [0.1, 0.15) is 0 Å². The predicted octanol–water partition coefficient (Wildman–Crippen LogP) is 4.45. The van der Waals surface area contributed by atoms with Crippen LogP contribution in [0.1, 0.15) is 36.8 Å². The number of anilines is 1. The molecule has 32 heavy (non-hydrogen) atoms. The van der Waals surface area contributed by atoms with Crippen LogP contribution < -0.4 is 9.62 Å². The summed E-state index contributed by atoms with van der Waals surface area (Å²) in [6.07, 6.45) is 4.22. The number of sulfonamides is 1. The molecule has 0 radical (unpaired) electrons. The lowest BCUT2D eigenvalue weighted by atomic mass is 10.1. The molecule has 2 aromatic rings. The number of hydrogen-bond donors (Lipinski definition) is 1. The first-order valence-corrected chi connectivity index (χ1v) is 13.3. The van der Waals surface area contributed by atoms with Crippen LogP contribution in [0.5, 0.6) is 0 Å². The number of amides is 1. The summed E-state index contributed by atoms with van der Waals surface area (Å²) < 4.78 is 25.7. The Labute approximate surface area is 200 Å². The molecule has 1 fully saturated rings. The summed E-state index contributed by atoms with van der Waals surface area (Å²) >= 11 is 12.0. The fourth-order valence-electron chi connectivity index (χ4n) is 3.86. The molecule has 0 aromatic heterocycles. The second-order valence-corrected chi connectivity index (χ2v) is 10.8. The van der Waals surface area contributed by atoms with E-state index in [-0.39, 0.29) is 23.9 Å². The van der Waals surface area contributed by atoms with Crippen LogP contribution in [0.15, 0.2) is 42.5 Å². The normalized spacial score (nSPS) is 14.5. The molecule has 1 saturated heterocycles. The number of nitrogens with one attached hydrogen (secondary N) is 1. The van der Waals surface area contributed by atoms with Gasteiger partial charge in [0.2, 0.25) is 15.9 Å². The lowest BCUT2D eigenvalue weighted by molar-refractivity contribution is -0.121. The summed E-state index contributed by atoms with van der Waals surface area (Å²) in [7, 11) is -3.52. The molecular formula is C23H29Cl2N3O3S. The number of nitrogens with zero attached hydrogens (tertiary/aromatic N) is 2. The molecule has 1 amide bonds. The van der Waals surface area contributed by atoms with E-state index in [1.807, 2.05) is 18.2 Å². The summed E-state index contributed by atoms with van der Waals surface area (Å²) in [4.78, 5) is 14.8. The van der Waals surface area contributed by atoms with Crippen LogP contribution in [0.2, 0.25) is 10.0 Å². The van der Waals surface area contributed by atoms with Crippen molar-refractivity contribution >= 4 is 44.8 Å². The van der Waals surface area contributed by atoms with Crippen LogP contribution in [0.4, 0.5) is 5.69 Å². The molecule has 0 bridgehead atoms. The Balaban J connectivity index is 1.52. The summed E-state index contributed by atoms with van der Waals surface area (Å²) in [5.41, 5.74) is 2.78. The Morgan fingerprint density at radius 2 is 1.75 bits per heavy atom. The molecule has 0 spiro atoms. The third-order valence-corrected chi connectivity index (χ3v) is 7.48. The molecule has 2 aromatic carbocycles. The minimum atomic E-state index is -3.52. The molecule has 1 N–H and O–H groups in total. The first kappa shape index (κ1) is 24.8. The van der Waals surface area contributed by atoms with Gasteiger partial charge in [-0.2, -0.15) is 0 Å². The van der Waals surface area contributed by atoms with E-state index in [1.54, 1.807) is 12.1 Å². The predicted molar refractivity (Wildman–Crippen MR) is 131 cm³/mol. The molecule has 1 aliphatic rings. The number of carbonyl (C=O) groups is 1. The van der Waals surface area contributed by atoms with Gasteiger partial charge in [0.25, 0.3) is 0 Å². The van der Waals surface area contributed by atoms with Crippen molar-refractivity contribution in [1.82, 2.24) is 10.2 Å². The maximum absolute atomic E-state index is 12.4. The molecule has 0 aliphatic carbocycles. The van der Waals surface area contributed by atoms with Crippen molar-refractivity contribution in [1.29, 1.82) is 0 Å². The van der Waals surface area contributed by atoms with E-state index in [9.17, 15) is 13.2 Å². The number of carbonyl (C=O) groups excluding carboxylic acids is 1. The van der Waals surface area contributed by atoms with Crippen molar-refractivity contribution in [3.05, 3.63) is 63.6 Å². The standard InChI is InChI=1S/C23H29Cl2N3O3S/c1-32(30,31)28(20-10-11-21(24)22(25)15-20)14-6-9-23(29)26-16-18-7-2-3-8-19(18)17-27-12-4-5-13-27/h2-3,7-8,10-11,15H,4-6,9,12-14,16-17H2,1H3,(H,26,29). The minimum Gasteiger partial charge on any atom is -0.352 e. The monoisotopic (exact) mass is 497 g/mol. The van der Waals surface area contributed by atoms with E-state index in [0.717, 1.165) is 31.5 Å². The maximum atomic E-state index is 12.4. The third-order valence-electron chi connectivity index (χ3n) is 5.54. The molecular weight excluding hydrogens is 469 g/mol. The zero-order valence-corrected chi connectivity index (χ0v) is 20.5. The van der Waals surface area contributed by atoms with Gasteiger partial charge in [-0.1, -0.05) is 47.5 Å². The largest absolute Gasteiger partial charge is 0.352 e. The Bertz CT molecular complexity index is 1040. The van der Waals surface area contributed by atoms with E-state index in [4.69, 9.17) is 23.2 Å². The van der Waals surface area contributed by atoms with Gasteiger partial charge >= 0.3 is 0 Å². The van der Waals surface area contributed by atoms with Crippen LogP contribution in [0.3, 0.4) is 0 Å². The fourth-order valence-corrected chi connectivity index (χ4v) is 5.11. The number of benzene rings is 2. The highest BCUT2D eigenvalue weighted by molar-refractivity contribution is 7.92. The number of hydrogen-bond acceptors (Lipinski definition) is 4. The Morgan fingerprint density at radius 3 is 2.41 bits per heavy atom. The Hall–Kier alpha value is -1.80. The molecule has 174 valence electrons. The van der Waals surface area contributed by atoms with Crippen molar-refractivity contribution < 1.29 is 13.2 Å². The molecule has 9 heteroatoms. The zero-order valence-electron chi connectivity index (χ0n) is 18.2. The van der Waals surface area contributed by atoms with Gasteiger partial charge in [-0.05, 0) is 61.7 Å². The Kier molecular flexibility index (Phi) is 8.82. The lowest BCUT2D eigenvalue weighted by Crippen LogP contribution is -2.32. The van der Waals surface area contributed by atoms with Crippen LogP contribution in [-0.4, -0.2) is 45.1 Å². The molecule has 6 nitrogen and oxygen atoms in total. The topological polar surface area (TPSA) is 69.7 Å². The van der Waals surface area contributed by atoms with Crippen molar-refractivity contribution in [2.24, 2.45) is 0 Å². The number of halogens is 2. The Morgan fingerprint density at radius 1 is 1.06 bits per heavy atom. The first-order chi connectivity index (χ1) is 15.2. The molecule has 1 heterocycles. The van der Waals surface area contributed by atoms with Crippen molar-refractivity contribution in [3.8, 4) is 0 Å². The van der Waals surface area contributed by atoms with Crippen LogP contribution in [0, 0.1) is 0 Å². The third kappa shape index (κ3) is 7.10. The summed E-state index contributed by atoms with van der Waals surface area (Å²) in [5, 5.41) is 3.60. The number of rotatable bonds is 10. The average molecular weight is 498 g/mol. The van der Waals surface area contributed by atoms with E-state index in [1.165, 1.54) is 28.8 Å². The van der Waals surface area contributed by atoms with Crippen molar-refractivity contribution in [2.45, 2.75) is 38.8 Å². The van der Waals surface area contributed by atoms with Gasteiger partial charge < -0.3 is 5.32 Å². The maximum Gasteiger partial charge on any atom is 0.232 e. The van der Waals surface area contributed by atoms with Gasteiger partial charge in [0, 0.05) is 26.1 Å². The molecule has 0 saturated carbocycles. The SMILES string of the molecule is CS(=O)(=O)N(CCCC(=O)NCc1ccccc1CN1CCCC1)c1ccc(Cl)c(Cl)c1. The smallest absolute Gasteiger partial charge is 0.232 e. The van der Waals surface area contributed by atoms with Crippen LogP contribution >= 0.6 is 23.2 Å². The second kappa shape index (κ2) is 11.4. The fraction of sp³-hybridized carbons (Fsp3) is 0.435. The van der Waals surface area contributed by atoms with E-state index in [0.29, 0.717) is 23.7 Å². The average Bonchev–Trinajstić information content (AvgIpc) is 3.25. The summed E-state index contributed by atoms with van der Waals surface area (Å²) in [5.74, 6) is -0.108. The molecule has 1 aliphatic heterocycles. The van der Waals surface area contributed by atoms with Crippen LogP contribution in [-0.2, 0) is 27.9 Å². The van der Waals surface area contributed by atoms with Gasteiger partial charge in [0.05, 0.1) is 22.0 Å². The van der Waals surface area contributed by atoms with Crippen LogP contribution in [0.25, 0.3) is 0 Å². The molecule has 0 atom stereocenters. The van der Waals surface area contributed by atoms with Gasteiger partial charge in [-0.25, -0.2) is 8.42 Å². The second-order valence-electron chi connectivity index (χ2n) is 8.07. The summed E-state index contributed by atoms with van der Waals surface area (Å²) in [6.45, 7) is 3.78. The zero-order chi connectivity index (χ0) is 23.1. The highest BCUT2D eigenvalue weighted by atomic mass is 35.5. The molecule has 3 rings (SSSR count). The quantitative estimate of drug-likeness (QED) is 0.526. The highest BCUT2D eigenvalue weighted by Crippen LogP contribution is 2.28. The van der Waals surface area contributed by atoms with Gasteiger partial charge in [-0.15, -0.1) is 0 Å². The van der Waals surface area contributed by atoms with Gasteiger partial charge in [-0.3, -0.25) is 14.0 Å². The van der Waals surface area contributed by atoms with Crippen molar-refractivity contribution in [3.63, 3.8) is 0 Å². The van der Waals surface area contributed by atoms with E-state index >= 15 is 0 Å². The molecule has 0 unspecified atom stereocenters. The highest BCUT2D eigenvalue weighted by Gasteiger charge is 2.19.